The molecule has 0 unspecified atom stereocenters. The lowest BCUT2D eigenvalue weighted by molar-refractivity contribution is -0.161. The second kappa shape index (κ2) is 5.70. The van der Waals surface area contributed by atoms with Crippen LogP contribution in [0.3, 0.4) is 0 Å². The summed E-state index contributed by atoms with van der Waals surface area (Å²) in [5, 5.41) is 23.5. The minimum atomic E-state index is -1.15. The normalized spacial score (nSPS) is 29.0. The number of fused-ring (bicyclic) bond motifs is 1. The van der Waals surface area contributed by atoms with Crippen LogP contribution >= 0.6 is 0 Å². The average Bonchev–Trinajstić information content (AvgIpc) is 3.17. The zero-order chi connectivity index (χ0) is 17.7. The van der Waals surface area contributed by atoms with Crippen LogP contribution in [-0.2, 0) is 14.4 Å². The summed E-state index contributed by atoms with van der Waals surface area (Å²) in [5.74, 6) is -2.04. The lowest BCUT2D eigenvalue weighted by Crippen LogP contribution is -2.61. The number of nitrogens with zero attached hydrogens (tertiary/aromatic N) is 2. The highest BCUT2D eigenvalue weighted by molar-refractivity contribution is 6.03. The quantitative estimate of drug-likeness (QED) is 0.799. The van der Waals surface area contributed by atoms with Crippen molar-refractivity contribution in [2.24, 2.45) is 11.1 Å². The molecule has 0 saturated carbocycles. The highest BCUT2D eigenvalue weighted by Crippen LogP contribution is 2.46. The van der Waals surface area contributed by atoms with Crippen LogP contribution in [0.5, 0.6) is 0 Å². The zero-order valence-corrected chi connectivity index (χ0v) is 13.6. The highest BCUT2D eigenvalue weighted by atomic mass is 16.6. The molecule has 1 aromatic rings. The number of aliphatic carboxylic acids is 1. The largest absolute Gasteiger partial charge is 0.477 e. The Hall–Kier alpha value is -2.67. The van der Waals surface area contributed by atoms with Gasteiger partial charge in [-0.3, -0.25) is 4.79 Å². The molecule has 0 aliphatic carbocycles. The van der Waals surface area contributed by atoms with E-state index in [0.717, 1.165) is 11.3 Å². The van der Waals surface area contributed by atoms with Gasteiger partial charge in [0.15, 0.2) is 6.10 Å². The smallest absolute Gasteiger partial charge is 0.352 e. The average molecular weight is 342 g/mol. The second-order valence-corrected chi connectivity index (χ2v) is 6.63. The number of aliphatic hydroxyl groups is 1. The van der Waals surface area contributed by atoms with Crippen molar-refractivity contribution < 1.29 is 24.6 Å². The Morgan fingerprint density at radius 3 is 2.68 bits per heavy atom. The second-order valence-electron chi connectivity index (χ2n) is 6.63. The number of hydrogen-bond acceptors (Lipinski definition) is 5. The van der Waals surface area contributed by atoms with Crippen molar-refractivity contribution >= 4 is 17.6 Å². The van der Waals surface area contributed by atoms with E-state index in [4.69, 9.17) is 4.84 Å². The summed E-state index contributed by atoms with van der Waals surface area (Å²) in [6.45, 7) is 1.56. The number of carboxylic acid groups (broad SMARTS) is 1. The fraction of sp³-hybridized carbons (Fsp3) is 0.389. The van der Waals surface area contributed by atoms with Gasteiger partial charge < -0.3 is 20.0 Å². The summed E-state index contributed by atoms with van der Waals surface area (Å²) in [6.07, 6.45) is -0.437. The first kappa shape index (κ1) is 15.8. The molecule has 3 aliphatic heterocycles. The minimum absolute atomic E-state index is 0.0126. The van der Waals surface area contributed by atoms with Crippen LogP contribution in [0.2, 0.25) is 0 Å². The molecule has 4 rings (SSSR count). The van der Waals surface area contributed by atoms with E-state index in [0.29, 0.717) is 18.4 Å². The van der Waals surface area contributed by atoms with E-state index in [-0.39, 0.29) is 17.6 Å². The molecule has 1 amide bonds. The summed E-state index contributed by atoms with van der Waals surface area (Å²) < 4.78 is 0. The molecule has 2 N–H and O–H groups in total. The number of carbonyl (C=O) groups is 2. The molecule has 1 aromatic carbocycles. The Bertz CT molecular complexity index is 799. The van der Waals surface area contributed by atoms with Crippen LogP contribution in [0.15, 0.2) is 46.8 Å². The van der Waals surface area contributed by atoms with E-state index in [1.807, 2.05) is 30.3 Å². The number of aliphatic hydroxyl groups excluding tert-OH is 1. The third kappa shape index (κ3) is 2.34. The van der Waals surface area contributed by atoms with Crippen molar-refractivity contribution in [2.75, 3.05) is 0 Å². The summed E-state index contributed by atoms with van der Waals surface area (Å²) in [5.41, 5.74) is 2.25. The van der Waals surface area contributed by atoms with Crippen molar-refractivity contribution in [1.82, 2.24) is 4.90 Å². The number of carboxylic acids is 1. The van der Waals surface area contributed by atoms with Gasteiger partial charge in [-0.15, -0.1) is 0 Å². The molecular formula is C18H18N2O5. The Labute approximate surface area is 144 Å². The number of rotatable bonds is 4. The molecule has 25 heavy (non-hydrogen) atoms. The monoisotopic (exact) mass is 342 g/mol. The van der Waals surface area contributed by atoms with E-state index in [9.17, 15) is 19.8 Å². The molecule has 0 radical (unpaired) electrons. The standard InChI is InChI=1S/C18H18N2O5/c1-9(21)15-13-7-11(16(18(23)24)20(13)17(15)22)14-8-12(19-25-14)10-5-3-2-4-6-10/h2-6,9,13-15,21H,7-8H2,1H3,(H,23,24)/t9-,13-,14-,15-/m1/s1. The van der Waals surface area contributed by atoms with Gasteiger partial charge in [0.25, 0.3) is 0 Å². The van der Waals surface area contributed by atoms with Crippen molar-refractivity contribution in [2.45, 2.75) is 38.0 Å². The van der Waals surface area contributed by atoms with E-state index < -0.39 is 24.1 Å². The fourth-order valence-electron chi connectivity index (χ4n) is 3.96. The van der Waals surface area contributed by atoms with Gasteiger partial charge in [-0.1, -0.05) is 35.5 Å². The molecular weight excluding hydrogens is 324 g/mol. The minimum Gasteiger partial charge on any atom is -0.477 e. The number of carbonyl (C=O) groups excluding carboxylic acids is 1. The Kier molecular flexibility index (Phi) is 3.61. The van der Waals surface area contributed by atoms with E-state index in [2.05, 4.69) is 5.16 Å². The van der Waals surface area contributed by atoms with Crippen LogP contribution in [0.25, 0.3) is 0 Å². The van der Waals surface area contributed by atoms with Gasteiger partial charge in [-0.05, 0) is 18.9 Å². The van der Waals surface area contributed by atoms with E-state index >= 15 is 0 Å². The summed E-state index contributed by atoms with van der Waals surface area (Å²) in [4.78, 5) is 30.8. The van der Waals surface area contributed by atoms with Crippen molar-refractivity contribution in [1.29, 1.82) is 0 Å². The summed E-state index contributed by atoms with van der Waals surface area (Å²) in [7, 11) is 0. The van der Waals surface area contributed by atoms with Crippen molar-refractivity contribution in [3.63, 3.8) is 0 Å². The molecule has 3 aliphatic rings. The first-order valence-corrected chi connectivity index (χ1v) is 8.24. The summed E-state index contributed by atoms with van der Waals surface area (Å²) >= 11 is 0. The van der Waals surface area contributed by atoms with Crippen molar-refractivity contribution in [3.8, 4) is 0 Å². The van der Waals surface area contributed by atoms with Crippen LogP contribution < -0.4 is 0 Å². The third-order valence-corrected chi connectivity index (χ3v) is 5.13. The zero-order valence-electron chi connectivity index (χ0n) is 13.6. The molecule has 7 nitrogen and oxygen atoms in total. The summed E-state index contributed by atoms with van der Waals surface area (Å²) in [6, 6.07) is 9.25. The number of amides is 1. The number of β-lactam (4-membered cyclic amide) rings is 1. The highest BCUT2D eigenvalue weighted by Gasteiger charge is 2.58. The Balaban J connectivity index is 1.59. The van der Waals surface area contributed by atoms with Gasteiger partial charge in [-0.2, -0.15) is 0 Å². The number of benzene rings is 1. The van der Waals surface area contributed by atoms with Crippen molar-refractivity contribution in [3.05, 3.63) is 47.2 Å². The molecule has 130 valence electrons. The predicted molar refractivity (Wildman–Crippen MR) is 87.6 cm³/mol. The van der Waals surface area contributed by atoms with Gasteiger partial charge in [0.1, 0.15) is 5.70 Å². The number of hydrogen-bond donors (Lipinski definition) is 2. The van der Waals surface area contributed by atoms with Crippen LogP contribution in [0, 0.1) is 5.92 Å². The van der Waals surface area contributed by atoms with E-state index in [1.165, 1.54) is 4.90 Å². The molecule has 3 heterocycles. The van der Waals surface area contributed by atoms with Gasteiger partial charge in [0.05, 0.1) is 23.8 Å². The lowest BCUT2D eigenvalue weighted by Gasteiger charge is -2.44. The predicted octanol–water partition coefficient (Wildman–Crippen LogP) is 1.13. The van der Waals surface area contributed by atoms with Gasteiger partial charge in [0, 0.05) is 12.0 Å². The molecule has 1 fully saturated rings. The maximum Gasteiger partial charge on any atom is 0.352 e. The van der Waals surface area contributed by atoms with Gasteiger partial charge in [0.2, 0.25) is 5.91 Å². The van der Waals surface area contributed by atoms with Crippen LogP contribution in [-0.4, -0.2) is 51.0 Å². The topological polar surface area (TPSA) is 99.4 Å². The van der Waals surface area contributed by atoms with Gasteiger partial charge in [-0.25, -0.2) is 4.79 Å². The fourth-order valence-corrected chi connectivity index (χ4v) is 3.96. The number of oxime groups is 1. The third-order valence-electron chi connectivity index (χ3n) is 5.13. The van der Waals surface area contributed by atoms with E-state index in [1.54, 1.807) is 6.92 Å². The molecule has 0 bridgehead atoms. The van der Waals surface area contributed by atoms with Crippen LogP contribution in [0.1, 0.15) is 25.3 Å². The first-order valence-electron chi connectivity index (χ1n) is 8.24. The Morgan fingerprint density at radius 1 is 1.32 bits per heavy atom. The lowest BCUT2D eigenvalue weighted by atomic mass is 9.82. The molecule has 0 spiro atoms. The SMILES string of the molecule is C[C@@H](O)[C@H]1C(=O)N2C(C(=O)O)=C([C@H]3CC(c4ccccc4)=NO3)C[C@H]12. The first-order chi connectivity index (χ1) is 12.0. The van der Waals surface area contributed by atoms with Gasteiger partial charge >= 0.3 is 5.97 Å². The molecule has 1 saturated heterocycles. The Morgan fingerprint density at radius 2 is 2.04 bits per heavy atom. The molecule has 7 heteroatoms. The maximum absolute atomic E-state index is 12.2. The maximum atomic E-state index is 12.2. The molecule has 4 atom stereocenters. The molecule has 0 aromatic heterocycles. The van der Waals surface area contributed by atoms with Crippen LogP contribution in [0.4, 0.5) is 0 Å².